The Morgan fingerprint density at radius 3 is 2.08 bits per heavy atom. The average molecular weight is 216 g/mol. The molecule has 0 unspecified atom stereocenters. The van der Waals surface area contributed by atoms with Gasteiger partial charge >= 0.3 is 58.4 Å². The van der Waals surface area contributed by atoms with Crippen molar-refractivity contribution < 1.29 is 68.7 Å². The van der Waals surface area contributed by atoms with Crippen LogP contribution in [0.4, 0.5) is 17.3 Å². The average Bonchev–Trinajstić information content (AvgIpc) is 1.83. The largest absolute Gasteiger partial charge is 1.00 e. The molecule has 13 heavy (non-hydrogen) atoms. The van der Waals surface area contributed by atoms with Gasteiger partial charge in [0.1, 0.15) is 5.82 Å². The van der Waals surface area contributed by atoms with Gasteiger partial charge in [-0.25, -0.2) is 4.39 Å². The zero-order valence-corrected chi connectivity index (χ0v) is 10.4. The van der Waals surface area contributed by atoms with E-state index in [4.69, 9.17) is 0 Å². The third-order valence-electron chi connectivity index (χ3n) is 1.58. The molecular formula is C7H6BF4K. The minimum absolute atomic E-state index is 0. The quantitative estimate of drug-likeness (QED) is 0.425. The van der Waals surface area contributed by atoms with Gasteiger partial charge in [0.05, 0.1) is 0 Å². The Morgan fingerprint density at radius 2 is 1.69 bits per heavy atom. The van der Waals surface area contributed by atoms with Crippen molar-refractivity contribution in [3.63, 3.8) is 0 Å². The zero-order valence-electron chi connectivity index (χ0n) is 7.32. The van der Waals surface area contributed by atoms with Gasteiger partial charge in [-0.3, -0.25) is 0 Å². The van der Waals surface area contributed by atoms with E-state index in [9.17, 15) is 17.3 Å². The molecule has 1 aromatic rings. The van der Waals surface area contributed by atoms with Gasteiger partial charge in [-0.2, -0.15) is 0 Å². The molecular weight excluding hydrogens is 210 g/mol. The zero-order chi connectivity index (χ0) is 9.35. The maximum absolute atomic E-state index is 12.4. The first-order valence-electron chi connectivity index (χ1n) is 3.37. The van der Waals surface area contributed by atoms with Crippen molar-refractivity contribution in [1.82, 2.24) is 0 Å². The Bertz CT molecular complexity index is 297. The van der Waals surface area contributed by atoms with Crippen LogP contribution in [0.25, 0.3) is 0 Å². The molecule has 0 amide bonds. The third-order valence-corrected chi connectivity index (χ3v) is 1.58. The molecule has 0 N–H and O–H groups in total. The first-order valence-corrected chi connectivity index (χ1v) is 3.37. The summed E-state index contributed by atoms with van der Waals surface area (Å²) in [6, 6.07) is 2.47. The Hall–Kier alpha value is 0.641. The summed E-state index contributed by atoms with van der Waals surface area (Å²) < 4.78 is 48.7. The van der Waals surface area contributed by atoms with Crippen LogP contribution in [0, 0.1) is 12.7 Å². The molecule has 1 aromatic carbocycles. The van der Waals surface area contributed by atoms with E-state index in [-0.39, 0.29) is 56.9 Å². The van der Waals surface area contributed by atoms with Gasteiger partial charge in [0.25, 0.3) is 0 Å². The van der Waals surface area contributed by atoms with Gasteiger partial charge in [-0.1, -0.05) is 11.6 Å². The van der Waals surface area contributed by atoms with Gasteiger partial charge in [0.2, 0.25) is 0 Å². The maximum Gasteiger partial charge on any atom is 1.00 e. The van der Waals surface area contributed by atoms with E-state index in [1.54, 1.807) is 0 Å². The van der Waals surface area contributed by atoms with Crippen LogP contribution in [0.3, 0.4) is 0 Å². The molecule has 0 bridgehead atoms. The van der Waals surface area contributed by atoms with Crippen LogP contribution in [0.1, 0.15) is 5.56 Å². The van der Waals surface area contributed by atoms with Crippen molar-refractivity contribution in [2.75, 3.05) is 0 Å². The second kappa shape index (κ2) is 4.93. The fraction of sp³-hybridized carbons (Fsp3) is 0.143. The summed E-state index contributed by atoms with van der Waals surface area (Å²) >= 11 is 0. The first-order chi connectivity index (χ1) is 5.41. The molecule has 0 atom stereocenters. The molecule has 0 aliphatic heterocycles. The van der Waals surface area contributed by atoms with Gasteiger partial charge in [0, 0.05) is 0 Å². The summed E-state index contributed by atoms with van der Waals surface area (Å²) in [7, 11) is 0. The first kappa shape index (κ1) is 13.6. The van der Waals surface area contributed by atoms with E-state index >= 15 is 0 Å². The van der Waals surface area contributed by atoms with E-state index in [2.05, 4.69) is 0 Å². The Kier molecular flexibility index (Phi) is 5.17. The van der Waals surface area contributed by atoms with Crippen molar-refractivity contribution in [2.24, 2.45) is 0 Å². The number of rotatable bonds is 1. The topological polar surface area (TPSA) is 0 Å². The monoisotopic (exact) mass is 216 g/mol. The smallest absolute Gasteiger partial charge is 0.445 e. The van der Waals surface area contributed by atoms with Gasteiger partial charge < -0.3 is 12.9 Å². The summed E-state index contributed by atoms with van der Waals surface area (Å²) in [4.78, 5) is 0. The van der Waals surface area contributed by atoms with Gasteiger partial charge in [0.15, 0.2) is 0 Å². The normalized spacial score (nSPS) is 10.8. The van der Waals surface area contributed by atoms with Crippen molar-refractivity contribution in [3.05, 3.63) is 29.6 Å². The standard InChI is InChI=1S/C7H6BF4.K/c1-5-4-6(9)2-3-7(5)8(10,11)12;/h2-4H,1H3;/q-1;+1. The Morgan fingerprint density at radius 1 is 1.15 bits per heavy atom. The molecule has 0 nitrogen and oxygen atoms in total. The summed E-state index contributed by atoms with van der Waals surface area (Å²) in [6.45, 7) is -3.77. The van der Waals surface area contributed by atoms with Gasteiger partial charge in [-0.05, 0) is 19.1 Å². The third kappa shape index (κ3) is 3.71. The summed E-state index contributed by atoms with van der Waals surface area (Å²) in [6.07, 6.45) is 0. The van der Waals surface area contributed by atoms with E-state index in [1.807, 2.05) is 0 Å². The molecule has 0 heterocycles. The van der Waals surface area contributed by atoms with E-state index in [0.29, 0.717) is 0 Å². The second-order valence-corrected chi connectivity index (χ2v) is 2.58. The summed E-state index contributed by atoms with van der Waals surface area (Å²) in [5.41, 5.74) is -0.793. The molecule has 0 aliphatic rings. The van der Waals surface area contributed by atoms with E-state index < -0.39 is 18.3 Å². The van der Waals surface area contributed by atoms with Crippen LogP contribution in [-0.2, 0) is 0 Å². The molecule has 0 aromatic heterocycles. The minimum Gasteiger partial charge on any atom is -0.445 e. The predicted molar refractivity (Wildman–Crippen MR) is 39.8 cm³/mol. The summed E-state index contributed by atoms with van der Waals surface area (Å²) in [5, 5.41) is 0. The van der Waals surface area contributed by atoms with Crippen molar-refractivity contribution >= 4 is 12.4 Å². The van der Waals surface area contributed by atoms with Crippen LogP contribution in [0.15, 0.2) is 18.2 Å². The van der Waals surface area contributed by atoms with Crippen LogP contribution in [-0.4, -0.2) is 6.98 Å². The van der Waals surface area contributed by atoms with Crippen molar-refractivity contribution in [3.8, 4) is 0 Å². The molecule has 0 radical (unpaired) electrons. The Labute approximate surface area is 116 Å². The predicted octanol–water partition coefficient (Wildman–Crippen LogP) is -0.807. The number of aryl methyl sites for hydroxylation is 1. The molecule has 0 spiro atoms. The molecule has 0 saturated heterocycles. The Balaban J connectivity index is 0.00000144. The molecule has 0 fully saturated rings. The van der Waals surface area contributed by atoms with Crippen LogP contribution < -0.4 is 56.8 Å². The molecule has 0 saturated carbocycles. The molecule has 6 heteroatoms. The van der Waals surface area contributed by atoms with Crippen LogP contribution in [0.2, 0.25) is 0 Å². The van der Waals surface area contributed by atoms with Crippen molar-refractivity contribution in [1.29, 1.82) is 0 Å². The fourth-order valence-corrected chi connectivity index (χ4v) is 1.01. The SMILES string of the molecule is Cc1cc(F)ccc1[B-](F)(F)F.[K+]. The molecule has 1 rings (SSSR count). The number of benzene rings is 1. The van der Waals surface area contributed by atoms with Crippen molar-refractivity contribution in [2.45, 2.75) is 6.92 Å². The van der Waals surface area contributed by atoms with Crippen LogP contribution >= 0.6 is 0 Å². The molecule has 0 aliphatic carbocycles. The maximum atomic E-state index is 12.4. The number of halogens is 4. The fourth-order valence-electron chi connectivity index (χ4n) is 1.01. The number of hydrogen-bond acceptors (Lipinski definition) is 0. The van der Waals surface area contributed by atoms with E-state index in [0.717, 1.165) is 18.2 Å². The van der Waals surface area contributed by atoms with Crippen LogP contribution in [0.5, 0.6) is 0 Å². The minimum atomic E-state index is -5.01. The number of hydrogen-bond donors (Lipinski definition) is 0. The summed E-state index contributed by atoms with van der Waals surface area (Å²) in [5.74, 6) is -0.642. The van der Waals surface area contributed by atoms with E-state index in [1.165, 1.54) is 6.92 Å². The molecule has 66 valence electrons. The van der Waals surface area contributed by atoms with Gasteiger partial charge in [-0.15, -0.1) is 5.46 Å². The second-order valence-electron chi connectivity index (χ2n) is 2.58.